The van der Waals surface area contributed by atoms with Crippen molar-refractivity contribution in [2.45, 2.75) is 36.1 Å². The van der Waals surface area contributed by atoms with Crippen LogP contribution in [0.15, 0.2) is 58.6 Å². The maximum absolute atomic E-state index is 12.6. The molecule has 0 spiro atoms. The zero-order valence-electron chi connectivity index (χ0n) is 16.8. The second kappa shape index (κ2) is 9.45. The second-order valence-electron chi connectivity index (χ2n) is 6.90. The lowest BCUT2D eigenvalue weighted by molar-refractivity contribution is 0.318. The molecule has 3 rings (SSSR count). The molecule has 29 heavy (non-hydrogen) atoms. The molecule has 0 fully saturated rings. The molecular weight excluding hydrogens is 406 g/mol. The topological polar surface area (TPSA) is 74.1 Å². The van der Waals surface area contributed by atoms with Gasteiger partial charge in [-0.2, -0.15) is 0 Å². The Morgan fingerprint density at radius 1 is 1.03 bits per heavy atom. The summed E-state index contributed by atoms with van der Waals surface area (Å²) in [6, 6.07) is 14.8. The highest BCUT2D eigenvalue weighted by molar-refractivity contribution is 7.99. The van der Waals surface area contributed by atoms with Gasteiger partial charge in [0.1, 0.15) is 17.3 Å². The Hall–Kier alpha value is -2.32. The first-order chi connectivity index (χ1) is 13.8. The second-order valence-corrected chi connectivity index (χ2v) is 9.95. The van der Waals surface area contributed by atoms with Gasteiger partial charge in [-0.1, -0.05) is 41.6 Å². The summed E-state index contributed by atoms with van der Waals surface area (Å²) in [6.07, 6.45) is 0.850. The molecule has 0 bridgehead atoms. The first kappa shape index (κ1) is 21.4. The zero-order valence-corrected chi connectivity index (χ0v) is 18.5. The van der Waals surface area contributed by atoms with Gasteiger partial charge in [-0.05, 0) is 50.1 Å². The zero-order chi connectivity index (χ0) is 20.9. The monoisotopic (exact) mass is 431 g/mol. The Morgan fingerprint density at radius 2 is 1.79 bits per heavy atom. The van der Waals surface area contributed by atoms with Crippen LogP contribution in [-0.2, 0) is 22.6 Å². The van der Waals surface area contributed by atoms with Crippen LogP contribution >= 0.6 is 11.8 Å². The predicted octanol–water partition coefficient (Wildman–Crippen LogP) is 3.97. The molecule has 1 aromatic heterocycles. The van der Waals surface area contributed by atoms with Crippen LogP contribution < -0.4 is 4.74 Å². The van der Waals surface area contributed by atoms with Gasteiger partial charge >= 0.3 is 0 Å². The fourth-order valence-corrected chi connectivity index (χ4v) is 4.86. The summed E-state index contributed by atoms with van der Waals surface area (Å²) in [4.78, 5) is 0.300. The van der Waals surface area contributed by atoms with Gasteiger partial charge < -0.3 is 9.30 Å². The molecule has 154 valence electrons. The van der Waals surface area contributed by atoms with Gasteiger partial charge in [-0.15, -0.1) is 10.2 Å². The summed E-state index contributed by atoms with van der Waals surface area (Å²) in [5.74, 6) is 1.94. The molecule has 0 aliphatic rings. The number of nitrogens with zero attached hydrogens (tertiary/aromatic N) is 3. The van der Waals surface area contributed by atoms with E-state index in [4.69, 9.17) is 4.74 Å². The number of thioether (sulfide) groups is 1. The predicted molar refractivity (Wildman–Crippen MR) is 115 cm³/mol. The molecule has 6 nitrogen and oxygen atoms in total. The Bertz CT molecular complexity index is 1060. The van der Waals surface area contributed by atoms with Crippen molar-refractivity contribution in [1.29, 1.82) is 0 Å². The third kappa shape index (κ3) is 5.83. The van der Waals surface area contributed by atoms with Crippen molar-refractivity contribution < 1.29 is 13.2 Å². The first-order valence-corrected chi connectivity index (χ1v) is 12.0. The van der Waals surface area contributed by atoms with Gasteiger partial charge in [-0.25, -0.2) is 8.42 Å². The molecule has 0 atom stereocenters. The molecule has 0 amide bonds. The summed E-state index contributed by atoms with van der Waals surface area (Å²) >= 11 is 1.54. The lowest BCUT2D eigenvalue weighted by atomic mass is 10.2. The molecule has 8 heteroatoms. The van der Waals surface area contributed by atoms with Crippen molar-refractivity contribution in [3.05, 3.63) is 65.5 Å². The van der Waals surface area contributed by atoms with E-state index in [1.165, 1.54) is 5.56 Å². The standard InChI is InChI=1S/C21H25N3O3S2/c1-16-8-10-19(11-9-16)29(25,26)15-20-22-23-21(24(20)3)28-13-5-12-27-18-7-4-6-17(2)14-18/h4,6-11,14H,5,12-13,15H2,1-3H3. The SMILES string of the molecule is Cc1ccc(S(=O)(=O)Cc2nnc(SCCCOc3cccc(C)c3)n2C)cc1. The highest BCUT2D eigenvalue weighted by atomic mass is 32.2. The lowest BCUT2D eigenvalue weighted by Crippen LogP contribution is -2.10. The van der Waals surface area contributed by atoms with E-state index in [9.17, 15) is 8.42 Å². The molecule has 0 saturated heterocycles. The highest BCUT2D eigenvalue weighted by Crippen LogP contribution is 2.21. The summed E-state index contributed by atoms with van der Waals surface area (Å²) in [6.45, 7) is 4.57. The minimum Gasteiger partial charge on any atom is -0.494 e. The average molecular weight is 432 g/mol. The number of hydrogen-bond acceptors (Lipinski definition) is 6. The number of benzene rings is 2. The summed E-state index contributed by atoms with van der Waals surface area (Å²) < 4.78 is 32.8. The fourth-order valence-electron chi connectivity index (χ4n) is 2.71. The van der Waals surface area contributed by atoms with Crippen molar-refractivity contribution in [3.8, 4) is 5.75 Å². The van der Waals surface area contributed by atoms with Crippen molar-refractivity contribution in [2.24, 2.45) is 7.05 Å². The molecule has 0 aliphatic heterocycles. The summed E-state index contributed by atoms with van der Waals surface area (Å²) in [5, 5.41) is 8.93. The van der Waals surface area contributed by atoms with Crippen LogP contribution in [0, 0.1) is 13.8 Å². The van der Waals surface area contributed by atoms with Gasteiger partial charge in [-0.3, -0.25) is 0 Å². The fraction of sp³-hybridized carbons (Fsp3) is 0.333. The van der Waals surface area contributed by atoms with E-state index in [0.717, 1.165) is 23.5 Å². The highest BCUT2D eigenvalue weighted by Gasteiger charge is 2.20. The molecule has 0 saturated carbocycles. The molecule has 0 radical (unpaired) electrons. The van der Waals surface area contributed by atoms with Gasteiger partial charge in [0.25, 0.3) is 0 Å². The van der Waals surface area contributed by atoms with Crippen LogP contribution in [-0.4, -0.2) is 35.5 Å². The molecular formula is C21H25N3O3S2. The molecule has 1 heterocycles. The third-order valence-corrected chi connectivity index (χ3v) is 7.14. The van der Waals surface area contributed by atoms with Gasteiger partial charge in [0.15, 0.2) is 15.0 Å². The largest absolute Gasteiger partial charge is 0.494 e. The maximum Gasteiger partial charge on any atom is 0.190 e. The minimum absolute atomic E-state index is 0.170. The van der Waals surface area contributed by atoms with Crippen molar-refractivity contribution in [3.63, 3.8) is 0 Å². The Labute approximate surface area is 176 Å². The molecule has 3 aromatic rings. The first-order valence-electron chi connectivity index (χ1n) is 9.35. The molecule has 0 aliphatic carbocycles. The van der Waals surface area contributed by atoms with E-state index < -0.39 is 9.84 Å². The van der Waals surface area contributed by atoms with Gasteiger partial charge in [0, 0.05) is 12.8 Å². The van der Waals surface area contributed by atoms with Gasteiger partial charge in [0.2, 0.25) is 0 Å². The lowest BCUT2D eigenvalue weighted by Gasteiger charge is -2.07. The summed E-state index contributed by atoms with van der Waals surface area (Å²) in [7, 11) is -1.66. The van der Waals surface area contributed by atoms with Crippen LogP contribution in [0.1, 0.15) is 23.4 Å². The normalized spacial score (nSPS) is 11.6. The van der Waals surface area contributed by atoms with Crippen LogP contribution in [0.2, 0.25) is 0 Å². The average Bonchev–Trinajstić information content (AvgIpc) is 3.01. The Morgan fingerprint density at radius 3 is 2.52 bits per heavy atom. The van der Waals surface area contributed by atoms with Crippen LogP contribution in [0.3, 0.4) is 0 Å². The van der Waals surface area contributed by atoms with Crippen LogP contribution in [0.4, 0.5) is 0 Å². The van der Waals surface area contributed by atoms with Crippen LogP contribution in [0.25, 0.3) is 0 Å². The number of sulfone groups is 1. The van der Waals surface area contributed by atoms with E-state index in [0.29, 0.717) is 22.5 Å². The Balaban J connectivity index is 1.52. The number of rotatable bonds is 9. The number of hydrogen-bond donors (Lipinski definition) is 0. The van der Waals surface area contributed by atoms with Crippen molar-refractivity contribution in [2.75, 3.05) is 12.4 Å². The van der Waals surface area contributed by atoms with E-state index in [1.807, 2.05) is 38.1 Å². The summed E-state index contributed by atoms with van der Waals surface area (Å²) in [5.41, 5.74) is 2.19. The number of aromatic nitrogens is 3. The smallest absolute Gasteiger partial charge is 0.190 e. The van der Waals surface area contributed by atoms with E-state index in [2.05, 4.69) is 10.2 Å². The van der Waals surface area contributed by atoms with E-state index >= 15 is 0 Å². The number of ether oxygens (including phenoxy) is 1. The molecule has 0 N–H and O–H groups in total. The molecule has 2 aromatic carbocycles. The molecule has 0 unspecified atom stereocenters. The minimum atomic E-state index is -3.46. The third-order valence-electron chi connectivity index (χ3n) is 4.40. The van der Waals surface area contributed by atoms with Crippen LogP contribution in [0.5, 0.6) is 5.75 Å². The van der Waals surface area contributed by atoms with Crippen molar-refractivity contribution >= 4 is 21.6 Å². The maximum atomic E-state index is 12.6. The van der Waals surface area contributed by atoms with Crippen molar-refractivity contribution in [1.82, 2.24) is 14.8 Å². The number of aryl methyl sites for hydroxylation is 2. The van der Waals surface area contributed by atoms with E-state index in [1.54, 1.807) is 47.6 Å². The van der Waals surface area contributed by atoms with Gasteiger partial charge in [0.05, 0.1) is 11.5 Å². The van der Waals surface area contributed by atoms with E-state index in [-0.39, 0.29) is 5.75 Å². The Kier molecular flexibility index (Phi) is 6.97. The quantitative estimate of drug-likeness (QED) is 0.377.